The lowest BCUT2D eigenvalue weighted by Crippen LogP contribution is -2.52. The topological polar surface area (TPSA) is 55.6 Å². The summed E-state index contributed by atoms with van der Waals surface area (Å²) in [6.45, 7) is 5.79. The van der Waals surface area contributed by atoms with Gasteiger partial charge in [-0.2, -0.15) is 0 Å². The van der Waals surface area contributed by atoms with E-state index in [1.54, 1.807) is 0 Å². The van der Waals surface area contributed by atoms with Crippen molar-refractivity contribution in [3.8, 4) is 0 Å². The van der Waals surface area contributed by atoms with Gasteiger partial charge in [0.25, 0.3) is 0 Å². The molecule has 2 fully saturated rings. The third-order valence-corrected chi connectivity index (χ3v) is 5.02. The van der Waals surface area contributed by atoms with E-state index >= 15 is 0 Å². The van der Waals surface area contributed by atoms with E-state index in [4.69, 9.17) is 10.5 Å². The first-order chi connectivity index (χ1) is 9.66. The molecular weight excluding hydrogens is 252 g/mol. The van der Waals surface area contributed by atoms with E-state index in [1.807, 2.05) is 6.92 Å². The van der Waals surface area contributed by atoms with Crippen LogP contribution in [0.3, 0.4) is 0 Å². The molecule has 4 nitrogen and oxygen atoms in total. The lowest BCUT2D eigenvalue weighted by atomic mass is 9.85. The first-order valence-corrected chi connectivity index (χ1v) is 8.35. The number of hydrogen-bond donors (Lipinski definition) is 1. The van der Waals surface area contributed by atoms with Crippen LogP contribution in [-0.4, -0.2) is 42.6 Å². The van der Waals surface area contributed by atoms with Crippen molar-refractivity contribution in [3.63, 3.8) is 0 Å². The van der Waals surface area contributed by atoms with Gasteiger partial charge < -0.3 is 15.4 Å². The fourth-order valence-corrected chi connectivity index (χ4v) is 3.74. The summed E-state index contributed by atoms with van der Waals surface area (Å²) in [6, 6.07) is 0. The molecule has 2 unspecified atom stereocenters. The highest BCUT2D eigenvalue weighted by Crippen LogP contribution is 2.37. The molecule has 1 saturated carbocycles. The minimum atomic E-state index is -0.720. The second-order valence-corrected chi connectivity index (χ2v) is 6.39. The highest BCUT2D eigenvalue weighted by molar-refractivity contribution is 5.81. The molecule has 0 spiro atoms. The first kappa shape index (κ1) is 15.8. The van der Waals surface area contributed by atoms with Crippen LogP contribution in [0.4, 0.5) is 0 Å². The van der Waals surface area contributed by atoms with E-state index in [2.05, 4.69) is 4.90 Å². The van der Waals surface area contributed by atoms with E-state index in [0.29, 0.717) is 12.5 Å². The number of rotatable bonds is 5. The minimum Gasteiger partial charge on any atom is -0.465 e. The van der Waals surface area contributed by atoms with Crippen LogP contribution in [0.15, 0.2) is 0 Å². The summed E-state index contributed by atoms with van der Waals surface area (Å²) in [5.41, 5.74) is 5.67. The van der Waals surface area contributed by atoms with Gasteiger partial charge in [-0.3, -0.25) is 4.79 Å². The van der Waals surface area contributed by atoms with Crippen LogP contribution < -0.4 is 5.73 Å². The van der Waals surface area contributed by atoms with Crippen LogP contribution in [0.5, 0.6) is 0 Å². The van der Waals surface area contributed by atoms with Gasteiger partial charge in [0.15, 0.2) is 0 Å². The van der Waals surface area contributed by atoms with Crippen molar-refractivity contribution in [3.05, 3.63) is 0 Å². The third kappa shape index (κ3) is 3.73. The molecule has 1 heterocycles. The molecule has 0 aromatic heterocycles. The van der Waals surface area contributed by atoms with E-state index in [9.17, 15) is 4.79 Å². The highest BCUT2D eigenvalue weighted by Gasteiger charge is 2.46. The van der Waals surface area contributed by atoms with Gasteiger partial charge in [0.2, 0.25) is 0 Å². The van der Waals surface area contributed by atoms with Gasteiger partial charge in [0.05, 0.1) is 6.61 Å². The molecule has 0 amide bonds. The Labute approximate surface area is 123 Å². The summed E-state index contributed by atoms with van der Waals surface area (Å²) in [5, 5.41) is 0. The smallest absolute Gasteiger partial charge is 0.326 e. The van der Waals surface area contributed by atoms with Gasteiger partial charge >= 0.3 is 5.97 Å². The van der Waals surface area contributed by atoms with Gasteiger partial charge in [-0.1, -0.05) is 19.3 Å². The van der Waals surface area contributed by atoms with E-state index in [1.165, 1.54) is 38.8 Å². The molecule has 4 heteroatoms. The van der Waals surface area contributed by atoms with E-state index in [-0.39, 0.29) is 5.97 Å². The van der Waals surface area contributed by atoms with E-state index < -0.39 is 5.54 Å². The molecule has 0 aromatic rings. The minimum absolute atomic E-state index is 0.182. The predicted octanol–water partition coefficient (Wildman–Crippen LogP) is 2.31. The number of carbonyl (C=O) groups is 1. The number of nitrogens with two attached hydrogens (primary N) is 1. The van der Waals surface area contributed by atoms with Gasteiger partial charge in [-0.15, -0.1) is 0 Å². The molecule has 2 aliphatic rings. The van der Waals surface area contributed by atoms with Crippen molar-refractivity contribution in [1.82, 2.24) is 4.90 Å². The molecular formula is C16H30N2O2. The fraction of sp³-hybridized carbons (Fsp3) is 0.938. The third-order valence-electron chi connectivity index (χ3n) is 5.02. The van der Waals surface area contributed by atoms with Crippen molar-refractivity contribution in [2.45, 2.75) is 63.8 Å². The maximum absolute atomic E-state index is 12.1. The second kappa shape index (κ2) is 7.41. The number of likely N-dealkylation sites (tertiary alicyclic amines) is 1. The van der Waals surface area contributed by atoms with Gasteiger partial charge in [0.1, 0.15) is 5.54 Å². The molecule has 2 atom stereocenters. The summed E-state index contributed by atoms with van der Waals surface area (Å²) in [4.78, 5) is 14.7. The normalized spacial score (nSPS) is 32.0. The van der Waals surface area contributed by atoms with E-state index in [0.717, 1.165) is 32.2 Å². The Balaban J connectivity index is 1.85. The van der Waals surface area contributed by atoms with Gasteiger partial charge in [0, 0.05) is 0 Å². The maximum atomic E-state index is 12.1. The van der Waals surface area contributed by atoms with Crippen LogP contribution in [0.25, 0.3) is 0 Å². The van der Waals surface area contributed by atoms with Crippen LogP contribution in [-0.2, 0) is 9.53 Å². The van der Waals surface area contributed by atoms with Gasteiger partial charge in [-0.25, -0.2) is 0 Å². The molecule has 0 radical (unpaired) electrons. The summed E-state index contributed by atoms with van der Waals surface area (Å²) in [6.07, 6.45) is 9.31. The Morgan fingerprint density at radius 2 is 1.95 bits per heavy atom. The van der Waals surface area contributed by atoms with Crippen molar-refractivity contribution in [2.24, 2.45) is 11.7 Å². The van der Waals surface area contributed by atoms with Crippen molar-refractivity contribution < 1.29 is 9.53 Å². The zero-order valence-corrected chi connectivity index (χ0v) is 12.9. The van der Waals surface area contributed by atoms with Crippen LogP contribution in [0.2, 0.25) is 0 Å². The maximum Gasteiger partial charge on any atom is 0.326 e. The van der Waals surface area contributed by atoms with Crippen LogP contribution >= 0.6 is 0 Å². The average molecular weight is 282 g/mol. The number of carbonyl (C=O) groups excluding carboxylic acids is 1. The van der Waals surface area contributed by atoms with Crippen LogP contribution in [0, 0.1) is 5.92 Å². The zero-order chi connectivity index (χ0) is 14.4. The molecule has 2 rings (SSSR count). The fourth-order valence-electron chi connectivity index (χ4n) is 3.74. The van der Waals surface area contributed by atoms with Crippen molar-refractivity contribution >= 4 is 5.97 Å². The monoisotopic (exact) mass is 282 g/mol. The Bertz CT molecular complexity index is 314. The van der Waals surface area contributed by atoms with Crippen molar-refractivity contribution in [1.29, 1.82) is 0 Å². The molecule has 116 valence electrons. The summed E-state index contributed by atoms with van der Waals surface area (Å²) < 4.78 is 5.19. The molecule has 0 aromatic carbocycles. The predicted molar refractivity (Wildman–Crippen MR) is 80.4 cm³/mol. The summed E-state index contributed by atoms with van der Waals surface area (Å²) >= 11 is 0. The number of ether oxygens (including phenoxy) is 1. The molecule has 1 aliphatic heterocycles. The van der Waals surface area contributed by atoms with Crippen molar-refractivity contribution in [2.75, 3.05) is 26.2 Å². The quantitative estimate of drug-likeness (QED) is 0.786. The second-order valence-electron chi connectivity index (χ2n) is 6.39. The molecule has 1 saturated heterocycles. The van der Waals surface area contributed by atoms with Crippen LogP contribution in [0.1, 0.15) is 58.3 Å². The number of hydrogen-bond acceptors (Lipinski definition) is 4. The SMILES string of the molecule is CCOC(=O)C1(N)CCCC1CCN1CCCCCC1. The summed E-state index contributed by atoms with van der Waals surface area (Å²) in [5.74, 6) is 0.114. The first-order valence-electron chi connectivity index (χ1n) is 8.35. The lowest BCUT2D eigenvalue weighted by Gasteiger charge is -2.30. The molecule has 20 heavy (non-hydrogen) atoms. The Hall–Kier alpha value is -0.610. The lowest BCUT2D eigenvalue weighted by molar-refractivity contribution is -0.151. The Morgan fingerprint density at radius 1 is 1.25 bits per heavy atom. The summed E-state index contributed by atoms with van der Waals surface area (Å²) in [7, 11) is 0. The number of esters is 1. The average Bonchev–Trinajstić information content (AvgIpc) is 2.65. The standard InChI is InChI=1S/C16H30N2O2/c1-2-20-15(19)16(17)10-7-8-14(16)9-13-18-11-5-3-4-6-12-18/h14H,2-13,17H2,1H3. The van der Waals surface area contributed by atoms with Gasteiger partial charge in [-0.05, 0) is 64.6 Å². The zero-order valence-electron chi connectivity index (χ0n) is 12.9. The Morgan fingerprint density at radius 3 is 2.60 bits per heavy atom. The molecule has 2 N–H and O–H groups in total. The number of nitrogens with zero attached hydrogens (tertiary/aromatic N) is 1. The highest BCUT2D eigenvalue weighted by atomic mass is 16.5. The largest absolute Gasteiger partial charge is 0.465 e. The Kier molecular flexibility index (Phi) is 5.85. The molecule has 1 aliphatic carbocycles. The molecule has 0 bridgehead atoms.